The molecule has 116 valence electrons. The van der Waals surface area contributed by atoms with Crippen molar-refractivity contribution in [2.45, 2.75) is 45.1 Å². The number of unbranched alkanes of at least 4 members (excludes halogenated alkanes) is 3. The van der Waals surface area contributed by atoms with Crippen LogP contribution in [0.5, 0.6) is 11.8 Å². The highest BCUT2D eigenvalue weighted by atomic mass is 16.5. The Hall–Kier alpha value is -1.36. The highest BCUT2D eigenvalue weighted by Gasteiger charge is 2.40. The Morgan fingerprint density at radius 2 is 2.00 bits per heavy atom. The van der Waals surface area contributed by atoms with Crippen molar-refractivity contribution in [3.63, 3.8) is 0 Å². The molecule has 0 saturated carbocycles. The number of nitrogens with zero attached hydrogens (tertiary/aromatic N) is 3. The molecule has 0 radical (unpaired) electrons. The van der Waals surface area contributed by atoms with Crippen LogP contribution in [0.15, 0.2) is 12.4 Å². The molecular weight excluding hydrogens is 266 g/mol. The SMILES string of the molecule is CCCCCCOc1nccnc1O[C@@H]1CN2CC[C@H]1C2. The van der Waals surface area contributed by atoms with Crippen molar-refractivity contribution in [3.05, 3.63) is 12.4 Å². The molecule has 5 nitrogen and oxygen atoms in total. The lowest BCUT2D eigenvalue weighted by atomic mass is 10.0. The first kappa shape index (κ1) is 14.6. The van der Waals surface area contributed by atoms with Crippen molar-refractivity contribution in [3.8, 4) is 11.8 Å². The lowest BCUT2D eigenvalue weighted by Crippen LogP contribution is -2.32. The molecule has 1 aromatic heterocycles. The Morgan fingerprint density at radius 3 is 2.71 bits per heavy atom. The van der Waals surface area contributed by atoms with E-state index in [-0.39, 0.29) is 6.10 Å². The van der Waals surface area contributed by atoms with Crippen molar-refractivity contribution >= 4 is 0 Å². The minimum atomic E-state index is 0.248. The van der Waals surface area contributed by atoms with Crippen LogP contribution >= 0.6 is 0 Å². The fourth-order valence-electron chi connectivity index (χ4n) is 3.20. The van der Waals surface area contributed by atoms with Crippen LogP contribution in [0.2, 0.25) is 0 Å². The molecule has 0 aromatic carbocycles. The molecule has 0 spiro atoms. The number of piperidine rings is 1. The van der Waals surface area contributed by atoms with Gasteiger partial charge in [0.1, 0.15) is 6.10 Å². The normalized spacial score (nSPS) is 27.0. The van der Waals surface area contributed by atoms with Gasteiger partial charge in [0, 0.05) is 31.4 Å². The predicted octanol–water partition coefficient (Wildman–Crippen LogP) is 2.52. The van der Waals surface area contributed by atoms with Gasteiger partial charge in [-0.05, 0) is 19.4 Å². The standard InChI is InChI=1S/C16H25N3O2/c1-2-3-4-5-10-20-15-16(18-8-7-17-15)21-14-12-19-9-6-13(14)11-19/h7-8,13-14H,2-6,9-12H2,1H3/t13-,14+/m0/s1. The molecule has 3 atom stereocenters. The van der Waals surface area contributed by atoms with Crippen LogP contribution in [-0.4, -0.2) is 47.2 Å². The lowest BCUT2D eigenvalue weighted by molar-refractivity contribution is 0.127. The number of fused-ring (bicyclic) bond motifs is 2. The zero-order valence-corrected chi connectivity index (χ0v) is 12.8. The highest BCUT2D eigenvalue weighted by molar-refractivity contribution is 5.24. The average Bonchev–Trinajstić information content (AvgIpc) is 3.11. The van der Waals surface area contributed by atoms with E-state index in [0.29, 0.717) is 24.3 Å². The monoisotopic (exact) mass is 291 g/mol. The Morgan fingerprint density at radius 1 is 1.14 bits per heavy atom. The van der Waals surface area contributed by atoms with E-state index < -0.39 is 0 Å². The summed E-state index contributed by atoms with van der Waals surface area (Å²) in [5.74, 6) is 1.75. The third-order valence-electron chi connectivity index (χ3n) is 4.41. The van der Waals surface area contributed by atoms with Gasteiger partial charge in [-0.3, -0.25) is 4.90 Å². The molecule has 0 aliphatic carbocycles. The Bertz CT molecular complexity index is 455. The molecule has 2 fully saturated rings. The maximum absolute atomic E-state index is 6.08. The molecule has 3 rings (SSSR count). The van der Waals surface area contributed by atoms with Crippen molar-refractivity contribution in [2.75, 3.05) is 26.2 Å². The lowest BCUT2D eigenvalue weighted by Gasteiger charge is -2.23. The van der Waals surface area contributed by atoms with E-state index >= 15 is 0 Å². The quantitative estimate of drug-likeness (QED) is 0.689. The second kappa shape index (κ2) is 7.07. The number of hydrogen-bond donors (Lipinski definition) is 0. The maximum atomic E-state index is 6.08. The second-order valence-electron chi connectivity index (χ2n) is 6.04. The number of aromatic nitrogens is 2. The molecule has 3 heterocycles. The smallest absolute Gasteiger partial charge is 0.278 e. The first-order valence-electron chi connectivity index (χ1n) is 8.19. The molecule has 0 amide bonds. The first-order valence-corrected chi connectivity index (χ1v) is 8.19. The summed E-state index contributed by atoms with van der Waals surface area (Å²) in [6.07, 6.45) is 9.57. The van der Waals surface area contributed by atoms with Crippen LogP contribution < -0.4 is 9.47 Å². The molecule has 21 heavy (non-hydrogen) atoms. The van der Waals surface area contributed by atoms with Crippen molar-refractivity contribution < 1.29 is 9.47 Å². The molecule has 5 heteroatoms. The predicted molar refractivity (Wildman–Crippen MR) is 80.6 cm³/mol. The highest BCUT2D eigenvalue weighted by Crippen LogP contribution is 2.32. The minimum Gasteiger partial charge on any atom is -0.474 e. The largest absolute Gasteiger partial charge is 0.474 e. The van der Waals surface area contributed by atoms with E-state index in [1.807, 2.05) is 0 Å². The summed E-state index contributed by atoms with van der Waals surface area (Å²) in [6.45, 7) is 6.29. The molecule has 2 saturated heterocycles. The number of ether oxygens (including phenoxy) is 2. The first-order chi connectivity index (χ1) is 10.4. The molecule has 1 unspecified atom stereocenters. The zero-order valence-electron chi connectivity index (χ0n) is 12.8. The molecule has 2 bridgehead atoms. The molecule has 2 aliphatic rings. The van der Waals surface area contributed by atoms with E-state index in [2.05, 4.69) is 21.8 Å². The fraction of sp³-hybridized carbons (Fsp3) is 0.750. The van der Waals surface area contributed by atoms with Gasteiger partial charge in [0.05, 0.1) is 6.61 Å². The minimum absolute atomic E-state index is 0.248. The summed E-state index contributed by atoms with van der Waals surface area (Å²) in [5, 5.41) is 0. The number of hydrogen-bond acceptors (Lipinski definition) is 5. The fourth-order valence-corrected chi connectivity index (χ4v) is 3.20. The Labute approximate surface area is 126 Å². The number of rotatable bonds is 8. The van der Waals surface area contributed by atoms with Gasteiger partial charge in [-0.2, -0.15) is 0 Å². The van der Waals surface area contributed by atoms with Gasteiger partial charge in [0.15, 0.2) is 0 Å². The van der Waals surface area contributed by atoms with Gasteiger partial charge < -0.3 is 9.47 Å². The summed E-state index contributed by atoms with van der Waals surface area (Å²) in [5.41, 5.74) is 0. The molecule has 0 N–H and O–H groups in total. The van der Waals surface area contributed by atoms with E-state index in [1.165, 1.54) is 32.2 Å². The van der Waals surface area contributed by atoms with Crippen LogP contribution in [0.4, 0.5) is 0 Å². The summed E-state index contributed by atoms with van der Waals surface area (Å²) < 4.78 is 11.8. The van der Waals surface area contributed by atoms with Crippen LogP contribution in [-0.2, 0) is 0 Å². The van der Waals surface area contributed by atoms with Crippen molar-refractivity contribution in [1.82, 2.24) is 14.9 Å². The van der Waals surface area contributed by atoms with Crippen molar-refractivity contribution in [1.29, 1.82) is 0 Å². The van der Waals surface area contributed by atoms with Gasteiger partial charge in [-0.1, -0.05) is 26.2 Å². The van der Waals surface area contributed by atoms with E-state index in [1.54, 1.807) is 12.4 Å². The average molecular weight is 291 g/mol. The molecular formula is C16H25N3O2. The summed E-state index contributed by atoms with van der Waals surface area (Å²) in [7, 11) is 0. The van der Waals surface area contributed by atoms with Crippen LogP contribution in [0, 0.1) is 5.92 Å². The van der Waals surface area contributed by atoms with Crippen LogP contribution in [0.1, 0.15) is 39.0 Å². The van der Waals surface area contributed by atoms with E-state index in [9.17, 15) is 0 Å². The van der Waals surface area contributed by atoms with Crippen molar-refractivity contribution in [2.24, 2.45) is 5.92 Å². The topological polar surface area (TPSA) is 47.5 Å². The second-order valence-corrected chi connectivity index (χ2v) is 6.04. The van der Waals surface area contributed by atoms with Gasteiger partial charge in [0.25, 0.3) is 11.8 Å². The van der Waals surface area contributed by atoms with Gasteiger partial charge in [-0.15, -0.1) is 0 Å². The van der Waals surface area contributed by atoms with E-state index in [4.69, 9.17) is 9.47 Å². The maximum Gasteiger partial charge on any atom is 0.278 e. The summed E-state index contributed by atoms with van der Waals surface area (Å²) >= 11 is 0. The molecule has 2 aliphatic heterocycles. The summed E-state index contributed by atoms with van der Waals surface area (Å²) in [4.78, 5) is 11.0. The summed E-state index contributed by atoms with van der Waals surface area (Å²) in [6, 6.07) is 0. The molecule has 1 aromatic rings. The third kappa shape index (κ3) is 3.64. The van der Waals surface area contributed by atoms with Crippen LogP contribution in [0.25, 0.3) is 0 Å². The van der Waals surface area contributed by atoms with Gasteiger partial charge in [-0.25, -0.2) is 9.97 Å². The Balaban J connectivity index is 1.52. The van der Waals surface area contributed by atoms with Gasteiger partial charge in [0.2, 0.25) is 0 Å². The van der Waals surface area contributed by atoms with Gasteiger partial charge >= 0.3 is 0 Å². The third-order valence-corrected chi connectivity index (χ3v) is 4.41. The van der Waals surface area contributed by atoms with Crippen LogP contribution in [0.3, 0.4) is 0 Å². The zero-order chi connectivity index (χ0) is 14.5. The van der Waals surface area contributed by atoms with E-state index in [0.717, 1.165) is 19.5 Å². The Kier molecular flexibility index (Phi) is 4.91.